The first kappa shape index (κ1) is 14.5. The summed E-state index contributed by atoms with van der Waals surface area (Å²) in [6, 6.07) is 7.52. The van der Waals surface area contributed by atoms with Crippen LogP contribution >= 0.6 is 0 Å². The monoisotopic (exact) mass is 282 g/mol. The number of rotatable bonds is 4. The first-order valence-electron chi connectivity index (χ1n) is 6.88. The average molecular weight is 282 g/mol. The Balaban J connectivity index is 2.09. The zero-order valence-electron chi connectivity index (χ0n) is 11.4. The lowest BCUT2D eigenvalue weighted by Gasteiger charge is -2.31. The predicted octanol–water partition coefficient (Wildman–Crippen LogP) is 2.61. The van der Waals surface area contributed by atoms with Gasteiger partial charge in [0.15, 0.2) is 9.84 Å². The highest BCUT2D eigenvalue weighted by atomic mass is 32.2. The molecule has 0 atom stereocenters. The molecule has 3 nitrogen and oxygen atoms in total. The molecule has 0 radical (unpaired) electrons. The summed E-state index contributed by atoms with van der Waals surface area (Å²) in [5, 5.41) is 10.4. The van der Waals surface area contributed by atoms with Crippen molar-refractivity contribution in [2.75, 3.05) is 5.75 Å². The van der Waals surface area contributed by atoms with Crippen LogP contribution in [0, 0.1) is 6.92 Å². The van der Waals surface area contributed by atoms with E-state index in [9.17, 15) is 13.5 Å². The number of aryl methyl sites for hydroxylation is 1. The molecule has 1 saturated carbocycles. The average Bonchev–Trinajstić information content (AvgIpc) is 2.31. The Morgan fingerprint density at radius 3 is 2.42 bits per heavy atom. The molecule has 2 rings (SSSR count). The predicted molar refractivity (Wildman–Crippen MR) is 76.7 cm³/mol. The highest BCUT2D eigenvalue weighted by Crippen LogP contribution is 2.30. The minimum absolute atomic E-state index is 0.0297. The molecule has 1 aliphatic carbocycles. The molecule has 4 heteroatoms. The molecule has 1 aromatic carbocycles. The largest absolute Gasteiger partial charge is 0.389 e. The molecule has 0 aliphatic heterocycles. The van der Waals surface area contributed by atoms with Crippen molar-refractivity contribution in [2.24, 2.45) is 0 Å². The van der Waals surface area contributed by atoms with Gasteiger partial charge in [-0.25, -0.2) is 8.42 Å². The van der Waals surface area contributed by atoms with E-state index in [0.29, 0.717) is 12.8 Å². The molecular formula is C15H22O3S. The molecule has 1 N–H and O–H groups in total. The van der Waals surface area contributed by atoms with E-state index in [1.165, 1.54) is 0 Å². The lowest BCUT2D eigenvalue weighted by Crippen LogP contribution is -2.39. The third-order valence-electron chi connectivity index (χ3n) is 3.91. The van der Waals surface area contributed by atoms with Gasteiger partial charge < -0.3 is 5.11 Å². The van der Waals surface area contributed by atoms with Crippen LogP contribution in [0.1, 0.15) is 43.2 Å². The molecule has 19 heavy (non-hydrogen) atoms. The van der Waals surface area contributed by atoms with Crippen LogP contribution in [0.5, 0.6) is 0 Å². The fourth-order valence-electron chi connectivity index (χ4n) is 2.82. The van der Waals surface area contributed by atoms with Crippen molar-refractivity contribution in [3.63, 3.8) is 0 Å². The number of sulfone groups is 1. The molecule has 0 bridgehead atoms. The SMILES string of the molecule is Cc1ccccc1CS(=O)(=O)CC1(O)CCCCC1. The van der Waals surface area contributed by atoms with Crippen molar-refractivity contribution < 1.29 is 13.5 Å². The molecule has 0 heterocycles. The highest BCUT2D eigenvalue weighted by Gasteiger charge is 2.34. The van der Waals surface area contributed by atoms with Crippen LogP contribution in [0.4, 0.5) is 0 Å². The van der Waals surface area contributed by atoms with Gasteiger partial charge in [-0.05, 0) is 30.9 Å². The summed E-state index contributed by atoms with van der Waals surface area (Å²) in [7, 11) is -3.27. The van der Waals surface area contributed by atoms with E-state index in [-0.39, 0.29) is 11.5 Å². The van der Waals surface area contributed by atoms with Crippen LogP contribution < -0.4 is 0 Å². The number of benzene rings is 1. The van der Waals surface area contributed by atoms with E-state index >= 15 is 0 Å². The van der Waals surface area contributed by atoms with Crippen molar-refractivity contribution in [3.8, 4) is 0 Å². The highest BCUT2D eigenvalue weighted by molar-refractivity contribution is 7.90. The molecule has 0 unspecified atom stereocenters. The first-order valence-corrected chi connectivity index (χ1v) is 8.70. The smallest absolute Gasteiger partial charge is 0.157 e. The summed E-state index contributed by atoms with van der Waals surface area (Å²) in [6.07, 6.45) is 4.17. The van der Waals surface area contributed by atoms with Gasteiger partial charge in [0, 0.05) is 0 Å². The quantitative estimate of drug-likeness (QED) is 0.923. The Morgan fingerprint density at radius 2 is 1.79 bits per heavy atom. The minimum Gasteiger partial charge on any atom is -0.389 e. The Morgan fingerprint density at radius 1 is 1.16 bits per heavy atom. The lowest BCUT2D eigenvalue weighted by molar-refractivity contribution is 0.0257. The summed E-state index contributed by atoms with van der Waals surface area (Å²) < 4.78 is 24.5. The lowest BCUT2D eigenvalue weighted by atomic mass is 9.86. The maximum Gasteiger partial charge on any atom is 0.157 e. The number of aliphatic hydroxyl groups is 1. The van der Waals surface area contributed by atoms with E-state index in [1.807, 2.05) is 31.2 Å². The Labute approximate surface area is 115 Å². The molecule has 1 fully saturated rings. The van der Waals surface area contributed by atoms with E-state index in [4.69, 9.17) is 0 Å². The second-order valence-electron chi connectivity index (χ2n) is 5.74. The summed E-state index contributed by atoms with van der Waals surface area (Å²) in [4.78, 5) is 0. The Hall–Kier alpha value is -0.870. The first-order chi connectivity index (χ1) is 8.90. The van der Waals surface area contributed by atoms with Gasteiger partial charge in [-0.2, -0.15) is 0 Å². The van der Waals surface area contributed by atoms with Crippen molar-refractivity contribution >= 4 is 9.84 Å². The molecular weight excluding hydrogens is 260 g/mol. The molecule has 1 aliphatic rings. The second-order valence-corrected chi connectivity index (χ2v) is 7.81. The van der Waals surface area contributed by atoms with Crippen molar-refractivity contribution in [3.05, 3.63) is 35.4 Å². The molecule has 106 valence electrons. The van der Waals surface area contributed by atoms with Gasteiger partial charge in [0.2, 0.25) is 0 Å². The second kappa shape index (κ2) is 5.63. The minimum atomic E-state index is -3.27. The Bertz CT molecular complexity index is 528. The van der Waals surface area contributed by atoms with Gasteiger partial charge in [0.1, 0.15) is 0 Å². The normalized spacial score (nSPS) is 19.3. The van der Waals surface area contributed by atoms with Crippen LogP contribution in [0.15, 0.2) is 24.3 Å². The van der Waals surface area contributed by atoms with Crippen LogP contribution in [0.3, 0.4) is 0 Å². The maximum atomic E-state index is 12.3. The summed E-state index contributed by atoms with van der Waals surface area (Å²) in [6.45, 7) is 1.92. The van der Waals surface area contributed by atoms with Gasteiger partial charge in [0.25, 0.3) is 0 Å². The van der Waals surface area contributed by atoms with Crippen LogP contribution in [0.25, 0.3) is 0 Å². The van der Waals surface area contributed by atoms with Crippen LogP contribution in [0.2, 0.25) is 0 Å². The topological polar surface area (TPSA) is 54.4 Å². The molecule has 0 spiro atoms. The zero-order chi connectivity index (χ0) is 13.9. The van der Waals surface area contributed by atoms with Gasteiger partial charge in [-0.3, -0.25) is 0 Å². The van der Waals surface area contributed by atoms with Crippen LogP contribution in [-0.4, -0.2) is 24.9 Å². The van der Waals surface area contributed by atoms with Gasteiger partial charge in [-0.15, -0.1) is 0 Å². The fraction of sp³-hybridized carbons (Fsp3) is 0.600. The van der Waals surface area contributed by atoms with Crippen molar-refractivity contribution in [1.29, 1.82) is 0 Å². The van der Waals surface area contributed by atoms with Gasteiger partial charge >= 0.3 is 0 Å². The maximum absolute atomic E-state index is 12.3. The summed E-state index contributed by atoms with van der Waals surface area (Å²) in [5.41, 5.74) is 0.823. The van der Waals surface area contributed by atoms with Crippen molar-refractivity contribution in [2.45, 2.75) is 50.4 Å². The molecule has 0 saturated heterocycles. The summed E-state index contributed by atoms with van der Waals surface area (Å²) in [5.74, 6) is -0.0731. The van der Waals surface area contributed by atoms with E-state index in [2.05, 4.69) is 0 Å². The molecule has 1 aromatic rings. The number of hydrogen-bond donors (Lipinski definition) is 1. The molecule has 0 amide bonds. The fourth-order valence-corrected chi connectivity index (χ4v) is 4.83. The Kier molecular flexibility index (Phi) is 4.31. The van der Waals surface area contributed by atoms with E-state index < -0.39 is 15.4 Å². The van der Waals surface area contributed by atoms with Crippen LogP contribution in [-0.2, 0) is 15.6 Å². The third kappa shape index (κ3) is 4.05. The zero-order valence-corrected chi connectivity index (χ0v) is 12.2. The standard InChI is InChI=1S/C15H22O3S/c1-13-7-3-4-8-14(13)11-19(17,18)12-15(16)9-5-2-6-10-15/h3-4,7-8,16H,2,5-6,9-12H2,1H3. The van der Waals surface area contributed by atoms with E-state index in [1.54, 1.807) is 0 Å². The third-order valence-corrected chi connectivity index (χ3v) is 5.64. The van der Waals surface area contributed by atoms with Gasteiger partial charge in [-0.1, -0.05) is 43.5 Å². The molecule has 0 aromatic heterocycles. The van der Waals surface area contributed by atoms with Gasteiger partial charge in [0.05, 0.1) is 17.1 Å². The summed E-state index contributed by atoms with van der Waals surface area (Å²) >= 11 is 0. The van der Waals surface area contributed by atoms with Crippen molar-refractivity contribution in [1.82, 2.24) is 0 Å². The van der Waals surface area contributed by atoms with E-state index in [0.717, 1.165) is 30.4 Å². The number of hydrogen-bond acceptors (Lipinski definition) is 3.